The zero-order valence-corrected chi connectivity index (χ0v) is 44.9. The van der Waals surface area contributed by atoms with Crippen LogP contribution < -0.4 is 0 Å². The van der Waals surface area contributed by atoms with Gasteiger partial charge in [-0.3, -0.25) is 14.4 Å². The summed E-state index contributed by atoms with van der Waals surface area (Å²) < 4.78 is 16.9. The van der Waals surface area contributed by atoms with Crippen molar-refractivity contribution in [2.45, 2.75) is 322 Å². The Labute approximate surface area is 416 Å². The van der Waals surface area contributed by atoms with Gasteiger partial charge in [0.25, 0.3) is 0 Å². The summed E-state index contributed by atoms with van der Waals surface area (Å²) in [6.07, 6.45) is 67.0. The van der Waals surface area contributed by atoms with Gasteiger partial charge in [-0.2, -0.15) is 0 Å². The molecule has 0 saturated carbocycles. The highest BCUT2D eigenvalue weighted by atomic mass is 16.6. The molecular formula is C61H112O6. The Morgan fingerprint density at radius 2 is 0.537 bits per heavy atom. The lowest BCUT2D eigenvalue weighted by atomic mass is 10.0. The van der Waals surface area contributed by atoms with Crippen molar-refractivity contribution in [1.82, 2.24) is 0 Å². The molecule has 0 aromatic rings. The van der Waals surface area contributed by atoms with Gasteiger partial charge in [0.1, 0.15) is 13.2 Å². The minimum absolute atomic E-state index is 0.0755. The number of esters is 3. The van der Waals surface area contributed by atoms with Crippen LogP contribution >= 0.6 is 0 Å². The van der Waals surface area contributed by atoms with Gasteiger partial charge in [0.15, 0.2) is 6.10 Å². The summed E-state index contributed by atoms with van der Waals surface area (Å²) in [7, 11) is 0. The maximum atomic E-state index is 12.9. The minimum atomic E-state index is -0.778. The van der Waals surface area contributed by atoms with Crippen LogP contribution in [0.25, 0.3) is 0 Å². The van der Waals surface area contributed by atoms with Crippen molar-refractivity contribution < 1.29 is 28.6 Å². The van der Waals surface area contributed by atoms with Gasteiger partial charge in [-0.1, -0.05) is 256 Å². The predicted molar refractivity (Wildman–Crippen MR) is 289 cm³/mol. The van der Waals surface area contributed by atoms with Crippen molar-refractivity contribution in [2.24, 2.45) is 0 Å². The van der Waals surface area contributed by atoms with Crippen LogP contribution in [0.2, 0.25) is 0 Å². The Morgan fingerprint density at radius 3 is 0.851 bits per heavy atom. The van der Waals surface area contributed by atoms with Crippen molar-refractivity contribution in [3.8, 4) is 0 Å². The Balaban J connectivity index is 4.36. The Hall–Kier alpha value is -2.37. The van der Waals surface area contributed by atoms with Crippen LogP contribution in [0.4, 0.5) is 0 Å². The average Bonchev–Trinajstić information content (AvgIpc) is 3.33. The number of allylic oxidation sites excluding steroid dienone is 6. The van der Waals surface area contributed by atoms with Crippen molar-refractivity contribution in [2.75, 3.05) is 13.2 Å². The van der Waals surface area contributed by atoms with E-state index >= 15 is 0 Å². The van der Waals surface area contributed by atoms with E-state index in [9.17, 15) is 14.4 Å². The fourth-order valence-corrected chi connectivity index (χ4v) is 8.65. The molecule has 0 spiro atoms. The monoisotopic (exact) mass is 941 g/mol. The maximum absolute atomic E-state index is 12.9. The number of carbonyl (C=O) groups excluding carboxylic acids is 3. The van der Waals surface area contributed by atoms with Gasteiger partial charge in [0.2, 0.25) is 0 Å². The molecule has 0 aromatic heterocycles. The second-order valence-electron chi connectivity index (χ2n) is 19.9. The molecule has 0 aromatic carbocycles. The van der Waals surface area contributed by atoms with Crippen LogP contribution in [0.15, 0.2) is 36.5 Å². The van der Waals surface area contributed by atoms with E-state index in [2.05, 4.69) is 57.2 Å². The van der Waals surface area contributed by atoms with Crippen molar-refractivity contribution >= 4 is 17.9 Å². The molecule has 0 saturated heterocycles. The van der Waals surface area contributed by atoms with E-state index in [-0.39, 0.29) is 31.1 Å². The lowest BCUT2D eigenvalue weighted by molar-refractivity contribution is -0.167. The minimum Gasteiger partial charge on any atom is -0.462 e. The molecule has 0 aliphatic heterocycles. The average molecular weight is 942 g/mol. The summed E-state index contributed by atoms with van der Waals surface area (Å²) in [6.45, 7) is 6.65. The maximum Gasteiger partial charge on any atom is 0.306 e. The molecule has 0 heterocycles. The molecule has 1 unspecified atom stereocenters. The predicted octanol–water partition coefficient (Wildman–Crippen LogP) is 19.7. The summed E-state index contributed by atoms with van der Waals surface area (Å²) in [5.41, 5.74) is 0. The van der Waals surface area contributed by atoms with E-state index in [4.69, 9.17) is 14.2 Å². The van der Waals surface area contributed by atoms with Crippen LogP contribution in [0.3, 0.4) is 0 Å². The van der Waals surface area contributed by atoms with Gasteiger partial charge in [-0.25, -0.2) is 0 Å². The van der Waals surface area contributed by atoms with Gasteiger partial charge in [-0.15, -0.1) is 0 Å². The quantitative estimate of drug-likeness (QED) is 0.0262. The van der Waals surface area contributed by atoms with E-state index in [1.807, 2.05) is 0 Å². The molecule has 67 heavy (non-hydrogen) atoms. The van der Waals surface area contributed by atoms with E-state index in [0.717, 1.165) is 83.5 Å². The second-order valence-corrected chi connectivity index (χ2v) is 19.9. The molecule has 0 radical (unpaired) electrons. The normalized spacial score (nSPS) is 12.2. The molecule has 0 amide bonds. The molecule has 392 valence electrons. The molecule has 6 heteroatoms. The standard InChI is InChI=1S/C61H112O6/c1-4-7-10-13-16-19-22-25-28-30-31-34-36-39-42-45-48-51-54-60(63)66-57-58(56-65-59(62)53-50-47-44-41-38-35-32-27-24-21-18-15-12-9-6-3)67-61(64)55-52-49-46-43-40-37-33-29-26-23-20-17-14-11-8-5-2/h20,23,28-30,33,58H,4-19,21-22,24-27,31-32,34-57H2,1-3H3/b23-20-,30-28-,33-29-. The van der Waals surface area contributed by atoms with Crippen LogP contribution in [0, 0.1) is 0 Å². The fourth-order valence-electron chi connectivity index (χ4n) is 8.65. The van der Waals surface area contributed by atoms with Gasteiger partial charge in [0.05, 0.1) is 0 Å². The van der Waals surface area contributed by atoms with Crippen LogP contribution in [0.5, 0.6) is 0 Å². The number of rotatable bonds is 54. The molecule has 0 aliphatic rings. The van der Waals surface area contributed by atoms with Gasteiger partial charge < -0.3 is 14.2 Å². The highest BCUT2D eigenvalue weighted by Crippen LogP contribution is 2.16. The van der Waals surface area contributed by atoms with Crippen molar-refractivity contribution in [1.29, 1.82) is 0 Å². The first-order valence-corrected chi connectivity index (χ1v) is 29.5. The van der Waals surface area contributed by atoms with Gasteiger partial charge in [-0.05, 0) is 77.0 Å². The summed E-state index contributed by atoms with van der Waals surface area (Å²) >= 11 is 0. The zero-order chi connectivity index (χ0) is 48.6. The Bertz CT molecular complexity index is 1130. The van der Waals surface area contributed by atoms with Crippen LogP contribution in [-0.4, -0.2) is 37.2 Å². The van der Waals surface area contributed by atoms with Gasteiger partial charge in [0, 0.05) is 19.3 Å². The van der Waals surface area contributed by atoms with E-state index < -0.39 is 6.10 Å². The van der Waals surface area contributed by atoms with Gasteiger partial charge >= 0.3 is 17.9 Å². The first-order valence-electron chi connectivity index (χ1n) is 29.5. The van der Waals surface area contributed by atoms with E-state index in [1.165, 1.54) is 193 Å². The first kappa shape index (κ1) is 64.6. The fraction of sp³-hybridized carbons (Fsp3) is 0.852. The van der Waals surface area contributed by atoms with Crippen LogP contribution in [-0.2, 0) is 28.6 Å². The third-order valence-corrected chi connectivity index (χ3v) is 13.1. The number of unbranched alkanes of at least 4 members (excludes halogenated alkanes) is 37. The molecule has 0 N–H and O–H groups in total. The summed E-state index contributed by atoms with van der Waals surface area (Å²) in [4.78, 5) is 38.2. The smallest absolute Gasteiger partial charge is 0.306 e. The SMILES string of the molecule is CCCCCC/C=C\C/C=C\CCCCCCCC(=O)OC(COC(=O)CCCCCCCCC/C=C\CCCCCCCCC)COC(=O)CCCCCCCCCCCCCCCCC. The zero-order valence-electron chi connectivity index (χ0n) is 44.9. The van der Waals surface area contributed by atoms with Crippen LogP contribution in [0.1, 0.15) is 316 Å². The molecular weight excluding hydrogens is 829 g/mol. The first-order chi connectivity index (χ1) is 33.0. The number of hydrogen-bond acceptors (Lipinski definition) is 6. The molecule has 0 fully saturated rings. The van der Waals surface area contributed by atoms with E-state index in [1.54, 1.807) is 0 Å². The largest absolute Gasteiger partial charge is 0.462 e. The molecule has 6 nitrogen and oxygen atoms in total. The summed E-state index contributed by atoms with van der Waals surface area (Å²) in [5.74, 6) is -0.876. The molecule has 0 aliphatic carbocycles. The summed E-state index contributed by atoms with van der Waals surface area (Å²) in [6, 6.07) is 0. The number of ether oxygens (including phenoxy) is 3. The third kappa shape index (κ3) is 54.4. The third-order valence-electron chi connectivity index (χ3n) is 13.1. The number of hydrogen-bond donors (Lipinski definition) is 0. The topological polar surface area (TPSA) is 78.9 Å². The lowest BCUT2D eigenvalue weighted by Gasteiger charge is -2.18. The number of carbonyl (C=O) groups is 3. The highest BCUT2D eigenvalue weighted by Gasteiger charge is 2.19. The summed E-state index contributed by atoms with van der Waals surface area (Å²) in [5, 5.41) is 0. The van der Waals surface area contributed by atoms with Crippen molar-refractivity contribution in [3.05, 3.63) is 36.5 Å². The van der Waals surface area contributed by atoms with E-state index in [0.29, 0.717) is 19.3 Å². The molecule has 0 rings (SSSR count). The highest BCUT2D eigenvalue weighted by molar-refractivity contribution is 5.71. The Morgan fingerprint density at radius 1 is 0.299 bits per heavy atom. The molecule has 0 bridgehead atoms. The molecule has 1 atom stereocenters. The second kappa shape index (κ2) is 56.2. The lowest BCUT2D eigenvalue weighted by Crippen LogP contribution is -2.30. The van der Waals surface area contributed by atoms with Crippen molar-refractivity contribution in [3.63, 3.8) is 0 Å². The Kier molecular flexibility index (Phi) is 54.2.